The molecule has 0 atom stereocenters. The molecule has 1 amide bonds. The highest BCUT2D eigenvalue weighted by Gasteiger charge is 2.22. The van der Waals surface area contributed by atoms with Gasteiger partial charge in [-0.2, -0.15) is 0 Å². The molecular weight excluding hydrogens is 326 g/mol. The summed E-state index contributed by atoms with van der Waals surface area (Å²) in [5.74, 6) is 0.597. The highest BCUT2D eigenvalue weighted by molar-refractivity contribution is 5.83. The molecule has 2 aromatic carbocycles. The maximum absolute atomic E-state index is 12.2. The Hall–Kier alpha value is -2.79. The van der Waals surface area contributed by atoms with Crippen molar-refractivity contribution in [2.24, 2.45) is 0 Å². The number of aromatic nitrogens is 1. The molecule has 134 valence electrons. The van der Waals surface area contributed by atoms with Crippen LogP contribution in [0.25, 0.3) is 10.9 Å². The lowest BCUT2D eigenvalue weighted by Gasteiger charge is -2.34. The average Bonchev–Trinajstić information content (AvgIpc) is 3.11. The Labute approximate surface area is 153 Å². The third-order valence-electron chi connectivity index (χ3n) is 4.95. The Balaban J connectivity index is 1.26. The van der Waals surface area contributed by atoms with Crippen LogP contribution >= 0.6 is 0 Å². The number of para-hydroxylation sites is 2. The SMILES string of the molecule is O=C(Oc1ccccc1)N1CCN(CCc2c[nH]c3ccccc23)CC1. The topological polar surface area (TPSA) is 48.6 Å². The quantitative estimate of drug-likeness (QED) is 0.784. The van der Waals surface area contributed by atoms with E-state index in [9.17, 15) is 4.79 Å². The second-order valence-corrected chi connectivity index (χ2v) is 6.62. The Bertz CT molecular complexity index is 867. The van der Waals surface area contributed by atoms with E-state index in [0.29, 0.717) is 18.8 Å². The number of carbonyl (C=O) groups excluding carboxylic acids is 1. The summed E-state index contributed by atoms with van der Waals surface area (Å²) in [5.41, 5.74) is 2.54. The van der Waals surface area contributed by atoms with Gasteiger partial charge in [-0.15, -0.1) is 0 Å². The van der Waals surface area contributed by atoms with Crippen molar-refractivity contribution in [2.45, 2.75) is 6.42 Å². The summed E-state index contributed by atoms with van der Waals surface area (Å²) in [6, 6.07) is 17.6. The monoisotopic (exact) mass is 349 g/mol. The van der Waals surface area contributed by atoms with Crippen LogP contribution < -0.4 is 4.74 Å². The van der Waals surface area contributed by atoms with E-state index >= 15 is 0 Å². The van der Waals surface area contributed by atoms with Crippen molar-refractivity contribution in [1.82, 2.24) is 14.8 Å². The van der Waals surface area contributed by atoms with Crippen LogP contribution in [0, 0.1) is 0 Å². The molecule has 1 saturated heterocycles. The first-order chi connectivity index (χ1) is 12.8. The molecule has 2 heterocycles. The van der Waals surface area contributed by atoms with E-state index in [0.717, 1.165) is 26.1 Å². The number of amides is 1. The fourth-order valence-corrected chi connectivity index (χ4v) is 3.42. The number of nitrogens with zero attached hydrogens (tertiary/aromatic N) is 2. The number of nitrogens with one attached hydrogen (secondary N) is 1. The average molecular weight is 349 g/mol. The van der Waals surface area contributed by atoms with Gasteiger partial charge in [0.1, 0.15) is 5.75 Å². The predicted octanol–water partition coefficient (Wildman–Crippen LogP) is 3.53. The van der Waals surface area contributed by atoms with E-state index in [1.54, 1.807) is 17.0 Å². The number of fused-ring (bicyclic) bond motifs is 1. The number of piperazine rings is 1. The van der Waals surface area contributed by atoms with Gasteiger partial charge in [-0.05, 0) is 30.2 Å². The minimum Gasteiger partial charge on any atom is -0.410 e. The molecule has 1 N–H and O–H groups in total. The summed E-state index contributed by atoms with van der Waals surface area (Å²) in [7, 11) is 0. The zero-order valence-electron chi connectivity index (χ0n) is 14.7. The standard InChI is InChI=1S/C21H23N3O2/c25-21(26-18-6-2-1-3-7-18)24-14-12-23(13-15-24)11-10-17-16-22-20-9-5-4-8-19(17)20/h1-9,16,22H,10-15H2. The van der Waals surface area contributed by atoms with Crippen molar-refractivity contribution in [3.05, 3.63) is 66.4 Å². The minimum atomic E-state index is -0.257. The smallest absolute Gasteiger partial charge is 0.410 e. The summed E-state index contributed by atoms with van der Waals surface area (Å²) in [4.78, 5) is 19.8. The van der Waals surface area contributed by atoms with Gasteiger partial charge in [0, 0.05) is 49.8 Å². The first-order valence-corrected chi connectivity index (χ1v) is 9.09. The van der Waals surface area contributed by atoms with Crippen molar-refractivity contribution < 1.29 is 9.53 Å². The number of aromatic amines is 1. The van der Waals surface area contributed by atoms with Crippen LogP contribution in [0.1, 0.15) is 5.56 Å². The van der Waals surface area contributed by atoms with E-state index in [4.69, 9.17) is 4.74 Å². The van der Waals surface area contributed by atoms with Crippen molar-refractivity contribution in [2.75, 3.05) is 32.7 Å². The predicted molar refractivity (Wildman–Crippen MR) is 102 cm³/mol. The summed E-state index contributed by atoms with van der Waals surface area (Å²) in [6.07, 6.45) is 2.86. The fraction of sp³-hybridized carbons (Fsp3) is 0.286. The summed E-state index contributed by atoms with van der Waals surface area (Å²) >= 11 is 0. The van der Waals surface area contributed by atoms with Crippen molar-refractivity contribution >= 4 is 17.0 Å². The Morgan fingerprint density at radius 2 is 1.69 bits per heavy atom. The Kier molecular flexibility index (Phi) is 4.88. The Morgan fingerprint density at radius 3 is 2.50 bits per heavy atom. The Morgan fingerprint density at radius 1 is 0.962 bits per heavy atom. The molecule has 0 bridgehead atoms. The fourth-order valence-electron chi connectivity index (χ4n) is 3.42. The van der Waals surface area contributed by atoms with Crippen molar-refractivity contribution in [3.63, 3.8) is 0 Å². The number of hydrogen-bond acceptors (Lipinski definition) is 3. The van der Waals surface area contributed by atoms with E-state index < -0.39 is 0 Å². The second kappa shape index (κ2) is 7.62. The number of hydrogen-bond donors (Lipinski definition) is 1. The van der Waals surface area contributed by atoms with Crippen LogP contribution in [0.3, 0.4) is 0 Å². The molecule has 1 aliphatic rings. The van der Waals surface area contributed by atoms with Crippen molar-refractivity contribution in [1.29, 1.82) is 0 Å². The van der Waals surface area contributed by atoms with Crippen LogP contribution in [0.4, 0.5) is 4.79 Å². The first-order valence-electron chi connectivity index (χ1n) is 9.09. The number of H-pyrrole nitrogens is 1. The largest absolute Gasteiger partial charge is 0.415 e. The third kappa shape index (κ3) is 3.73. The summed E-state index contributed by atoms with van der Waals surface area (Å²) in [5, 5.41) is 1.30. The van der Waals surface area contributed by atoms with Crippen molar-refractivity contribution in [3.8, 4) is 5.75 Å². The zero-order valence-corrected chi connectivity index (χ0v) is 14.7. The molecule has 0 spiro atoms. The number of ether oxygens (including phenoxy) is 1. The van der Waals surface area contributed by atoms with Gasteiger partial charge >= 0.3 is 6.09 Å². The highest BCUT2D eigenvalue weighted by atomic mass is 16.6. The summed E-state index contributed by atoms with van der Waals surface area (Å²) in [6.45, 7) is 4.18. The molecule has 0 saturated carbocycles. The van der Waals surface area contributed by atoms with Crippen LogP contribution in [-0.4, -0.2) is 53.6 Å². The lowest BCUT2D eigenvalue weighted by Crippen LogP contribution is -2.49. The molecule has 1 aromatic heterocycles. The normalized spacial score (nSPS) is 15.3. The highest BCUT2D eigenvalue weighted by Crippen LogP contribution is 2.18. The van der Waals surface area contributed by atoms with Crippen LogP contribution in [-0.2, 0) is 6.42 Å². The van der Waals surface area contributed by atoms with Gasteiger partial charge in [-0.25, -0.2) is 4.79 Å². The third-order valence-corrected chi connectivity index (χ3v) is 4.95. The number of rotatable bonds is 4. The number of carbonyl (C=O) groups is 1. The molecule has 1 aliphatic heterocycles. The maximum atomic E-state index is 12.2. The van der Waals surface area contributed by atoms with E-state index in [2.05, 4.69) is 40.3 Å². The molecule has 1 fully saturated rings. The lowest BCUT2D eigenvalue weighted by molar-refractivity contribution is 0.111. The van der Waals surface area contributed by atoms with Gasteiger partial charge in [0.05, 0.1) is 0 Å². The molecule has 5 nitrogen and oxygen atoms in total. The van der Waals surface area contributed by atoms with Gasteiger partial charge in [-0.1, -0.05) is 36.4 Å². The lowest BCUT2D eigenvalue weighted by atomic mass is 10.1. The molecule has 5 heteroatoms. The van der Waals surface area contributed by atoms with Gasteiger partial charge in [0.2, 0.25) is 0 Å². The van der Waals surface area contributed by atoms with Gasteiger partial charge in [0.15, 0.2) is 0 Å². The van der Waals surface area contributed by atoms with Gasteiger partial charge in [-0.3, -0.25) is 4.90 Å². The molecular formula is C21H23N3O2. The van der Waals surface area contributed by atoms with E-state index in [1.807, 2.05) is 18.2 Å². The van der Waals surface area contributed by atoms with Crippen LogP contribution in [0.15, 0.2) is 60.8 Å². The van der Waals surface area contributed by atoms with Crippen LogP contribution in [0.2, 0.25) is 0 Å². The molecule has 26 heavy (non-hydrogen) atoms. The zero-order chi connectivity index (χ0) is 17.8. The maximum Gasteiger partial charge on any atom is 0.415 e. The van der Waals surface area contributed by atoms with E-state index in [1.165, 1.54) is 16.5 Å². The second-order valence-electron chi connectivity index (χ2n) is 6.62. The number of benzene rings is 2. The molecule has 4 rings (SSSR count). The van der Waals surface area contributed by atoms with Gasteiger partial charge < -0.3 is 14.6 Å². The molecule has 0 radical (unpaired) electrons. The molecule has 3 aromatic rings. The van der Waals surface area contributed by atoms with Crippen LogP contribution in [0.5, 0.6) is 5.75 Å². The molecule has 0 unspecified atom stereocenters. The summed E-state index contributed by atoms with van der Waals surface area (Å²) < 4.78 is 5.42. The van der Waals surface area contributed by atoms with Gasteiger partial charge in [0.25, 0.3) is 0 Å². The van der Waals surface area contributed by atoms with E-state index in [-0.39, 0.29) is 6.09 Å². The first kappa shape index (κ1) is 16.7. The minimum absolute atomic E-state index is 0.257. The molecule has 0 aliphatic carbocycles.